The number of aromatic carboxylic acids is 1. The van der Waals surface area contributed by atoms with E-state index in [1.807, 2.05) is 0 Å². The summed E-state index contributed by atoms with van der Waals surface area (Å²) < 4.78 is 4.82. The maximum atomic E-state index is 11.9. The van der Waals surface area contributed by atoms with Crippen LogP contribution in [-0.2, 0) is 0 Å². The van der Waals surface area contributed by atoms with Gasteiger partial charge >= 0.3 is 5.97 Å². The zero-order valence-corrected chi connectivity index (χ0v) is 11.4. The minimum Gasteiger partial charge on any atom is -0.478 e. The molecule has 0 bridgehead atoms. The van der Waals surface area contributed by atoms with Gasteiger partial charge in [0.05, 0.1) is 5.56 Å². The van der Waals surface area contributed by atoms with E-state index in [1.54, 1.807) is 26.8 Å². The van der Waals surface area contributed by atoms with E-state index in [-0.39, 0.29) is 11.3 Å². The number of carboxylic acid groups (broad SMARTS) is 1. The quantitative estimate of drug-likeness (QED) is 0.897. The van der Waals surface area contributed by atoms with Gasteiger partial charge in [-0.15, -0.1) is 0 Å². The third-order valence-corrected chi connectivity index (χ3v) is 3.02. The molecule has 20 heavy (non-hydrogen) atoms. The van der Waals surface area contributed by atoms with Crippen molar-refractivity contribution in [3.05, 3.63) is 46.3 Å². The van der Waals surface area contributed by atoms with Crippen LogP contribution in [0.3, 0.4) is 0 Å². The first-order valence-electron chi connectivity index (χ1n) is 5.97. The highest BCUT2D eigenvalue weighted by Crippen LogP contribution is 2.20. The fraction of sp³-hybridized carbons (Fsp3) is 0.214. The molecule has 6 nitrogen and oxygen atoms in total. The molecule has 0 atom stereocenters. The maximum absolute atomic E-state index is 11.9. The van der Waals surface area contributed by atoms with Crippen LogP contribution in [0.5, 0.6) is 0 Å². The first-order valence-corrected chi connectivity index (χ1v) is 5.97. The normalized spacial score (nSPS) is 10.3. The fourth-order valence-electron chi connectivity index (χ4n) is 1.82. The molecule has 1 heterocycles. The Kier molecular flexibility index (Phi) is 3.56. The Balaban J connectivity index is 2.30. The van der Waals surface area contributed by atoms with E-state index in [1.165, 1.54) is 12.1 Å². The van der Waals surface area contributed by atoms with Gasteiger partial charge in [0.2, 0.25) is 0 Å². The summed E-state index contributed by atoms with van der Waals surface area (Å²) in [6.45, 7) is 5.20. The maximum Gasteiger partial charge on any atom is 0.336 e. The second-order valence-corrected chi connectivity index (χ2v) is 4.55. The lowest BCUT2D eigenvalue weighted by Crippen LogP contribution is -2.13. The van der Waals surface area contributed by atoms with Crippen molar-refractivity contribution in [2.75, 3.05) is 5.32 Å². The summed E-state index contributed by atoms with van der Waals surface area (Å²) in [5.74, 6) is -0.943. The van der Waals surface area contributed by atoms with Crippen LogP contribution in [0.15, 0.2) is 22.7 Å². The van der Waals surface area contributed by atoms with E-state index < -0.39 is 11.9 Å². The van der Waals surface area contributed by atoms with Gasteiger partial charge in [0.1, 0.15) is 5.76 Å². The number of carbonyl (C=O) groups excluding carboxylic acids is 1. The predicted octanol–water partition coefficient (Wildman–Crippen LogP) is 2.55. The minimum atomic E-state index is -1.03. The Morgan fingerprint density at radius 2 is 1.90 bits per heavy atom. The fourth-order valence-corrected chi connectivity index (χ4v) is 1.82. The first kappa shape index (κ1) is 13.8. The monoisotopic (exact) mass is 274 g/mol. The smallest absolute Gasteiger partial charge is 0.336 e. The molecule has 6 heteroatoms. The van der Waals surface area contributed by atoms with Crippen LogP contribution in [0, 0.1) is 20.8 Å². The molecule has 0 saturated heterocycles. The van der Waals surface area contributed by atoms with Crippen molar-refractivity contribution >= 4 is 17.6 Å². The zero-order chi connectivity index (χ0) is 14.9. The van der Waals surface area contributed by atoms with Crippen molar-refractivity contribution in [2.45, 2.75) is 20.8 Å². The van der Waals surface area contributed by atoms with Crippen molar-refractivity contribution in [3.8, 4) is 0 Å². The van der Waals surface area contributed by atoms with E-state index in [4.69, 9.17) is 9.63 Å². The number of hydrogen-bond donors (Lipinski definition) is 2. The van der Waals surface area contributed by atoms with E-state index in [0.717, 1.165) is 5.56 Å². The minimum absolute atomic E-state index is 0.151. The molecule has 1 amide bonds. The standard InChI is InChI=1S/C14H14N2O4/c1-7-4-10(6-11(9(7)3)14(18)19)15-13(17)12-5-8(2)20-16-12/h4-6H,1-3H3,(H,15,17)(H,18,19). The third-order valence-electron chi connectivity index (χ3n) is 3.02. The summed E-state index contributed by atoms with van der Waals surface area (Å²) in [5.41, 5.74) is 2.19. The van der Waals surface area contributed by atoms with Crippen molar-refractivity contribution < 1.29 is 19.2 Å². The number of anilines is 1. The number of nitrogens with one attached hydrogen (secondary N) is 1. The molecule has 2 rings (SSSR count). The van der Waals surface area contributed by atoms with Gasteiger partial charge in [-0.25, -0.2) is 4.79 Å². The lowest BCUT2D eigenvalue weighted by molar-refractivity contribution is 0.0695. The summed E-state index contributed by atoms with van der Waals surface area (Å²) in [4.78, 5) is 23.1. The largest absolute Gasteiger partial charge is 0.478 e. The summed E-state index contributed by atoms with van der Waals surface area (Å²) in [6.07, 6.45) is 0. The van der Waals surface area contributed by atoms with Gasteiger partial charge in [-0.2, -0.15) is 0 Å². The lowest BCUT2D eigenvalue weighted by atomic mass is 10.0. The van der Waals surface area contributed by atoms with Crippen LogP contribution in [0.2, 0.25) is 0 Å². The van der Waals surface area contributed by atoms with E-state index >= 15 is 0 Å². The molecule has 0 fully saturated rings. The van der Waals surface area contributed by atoms with Gasteiger partial charge in [0.15, 0.2) is 5.69 Å². The van der Waals surface area contributed by atoms with Crippen LogP contribution < -0.4 is 5.32 Å². The Hall–Kier alpha value is -2.63. The van der Waals surface area contributed by atoms with Gasteiger partial charge < -0.3 is 14.9 Å². The predicted molar refractivity (Wildman–Crippen MR) is 72.1 cm³/mol. The number of carbonyl (C=O) groups is 2. The number of rotatable bonds is 3. The van der Waals surface area contributed by atoms with Crippen LogP contribution in [0.1, 0.15) is 37.7 Å². The van der Waals surface area contributed by atoms with Crippen molar-refractivity contribution in [2.24, 2.45) is 0 Å². The molecule has 0 saturated carbocycles. The number of benzene rings is 1. The van der Waals surface area contributed by atoms with Gasteiger partial charge in [-0.05, 0) is 44.0 Å². The van der Waals surface area contributed by atoms with Crippen LogP contribution in [0.4, 0.5) is 5.69 Å². The molecule has 0 unspecified atom stereocenters. The molecular weight excluding hydrogens is 260 g/mol. The Morgan fingerprint density at radius 3 is 2.45 bits per heavy atom. The van der Waals surface area contributed by atoms with Crippen molar-refractivity contribution in [1.29, 1.82) is 0 Å². The summed E-state index contributed by atoms with van der Waals surface area (Å²) in [6, 6.07) is 4.65. The molecule has 2 aromatic rings. The van der Waals surface area contributed by atoms with Gasteiger partial charge in [-0.3, -0.25) is 4.79 Å². The molecular formula is C14H14N2O4. The molecule has 1 aromatic carbocycles. The molecule has 0 aliphatic rings. The summed E-state index contributed by atoms with van der Waals surface area (Å²) in [5, 5.41) is 15.3. The number of hydrogen-bond acceptors (Lipinski definition) is 4. The van der Waals surface area contributed by atoms with Crippen LogP contribution >= 0.6 is 0 Å². The van der Waals surface area contributed by atoms with Gasteiger partial charge in [-0.1, -0.05) is 5.16 Å². The molecule has 0 aliphatic heterocycles. The van der Waals surface area contributed by atoms with Crippen molar-refractivity contribution in [3.63, 3.8) is 0 Å². The number of aryl methyl sites for hydroxylation is 2. The van der Waals surface area contributed by atoms with E-state index in [9.17, 15) is 9.59 Å². The lowest BCUT2D eigenvalue weighted by Gasteiger charge is -2.09. The number of amides is 1. The second-order valence-electron chi connectivity index (χ2n) is 4.55. The molecule has 2 N–H and O–H groups in total. The van der Waals surface area contributed by atoms with Crippen LogP contribution in [-0.4, -0.2) is 22.1 Å². The molecule has 104 valence electrons. The SMILES string of the molecule is Cc1cc(C(=O)Nc2cc(C)c(C)c(C(=O)O)c2)no1. The van der Waals surface area contributed by atoms with Crippen LogP contribution in [0.25, 0.3) is 0 Å². The third kappa shape index (κ3) is 2.69. The highest BCUT2D eigenvalue weighted by molar-refractivity contribution is 6.03. The number of aromatic nitrogens is 1. The highest BCUT2D eigenvalue weighted by atomic mass is 16.5. The molecule has 1 aromatic heterocycles. The molecule has 0 spiro atoms. The Bertz CT molecular complexity index is 688. The van der Waals surface area contributed by atoms with E-state index in [0.29, 0.717) is 17.0 Å². The Labute approximate surface area is 115 Å². The van der Waals surface area contributed by atoms with Gasteiger partial charge in [0.25, 0.3) is 5.91 Å². The summed E-state index contributed by atoms with van der Waals surface area (Å²) in [7, 11) is 0. The molecule has 0 aliphatic carbocycles. The average molecular weight is 274 g/mol. The Morgan fingerprint density at radius 1 is 1.20 bits per heavy atom. The number of nitrogens with zero attached hydrogens (tertiary/aromatic N) is 1. The topological polar surface area (TPSA) is 92.4 Å². The summed E-state index contributed by atoms with van der Waals surface area (Å²) >= 11 is 0. The second kappa shape index (κ2) is 5.16. The number of carboxylic acids is 1. The van der Waals surface area contributed by atoms with Gasteiger partial charge in [0, 0.05) is 11.8 Å². The van der Waals surface area contributed by atoms with Crippen molar-refractivity contribution in [1.82, 2.24) is 5.16 Å². The average Bonchev–Trinajstić information content (AvgIpc) is 2.80. The zero-order valence-electron chi connectivity index (χ0n) is 11.4. The van der Waals surface area contributed by atoms with E-state index in [2.05, 4.69) is 10.5 Å². The highest BCUT2D eigenvalue weighted by Gasteiger charge is 2.15. The first-order chi connectivity index (χ1) is 9.38. The molecule has 0 radical (unpaired) electrons.